The van der Waals surface area contributed by atoms with Crippen LogP contribution in [-0.4, -0.2) is 22.4 Å². The normalized spacial score (nSPS) is 21.8. The van der Waals surface area contributed by atoms with Gasteiger partial charge in [-0.1, -0.05) is 107 Å². The minimum atomic E-state index is -3.27. The van der Waals surface area contributed by atoms with Crippen molar-refractivity contribution in [1.29, 1.82) is 5.26 Å². The van der Waals surface area contributed by atoms with Gasteiger partial charge in [0.1, 0.15) is 17.5 Å². The maximum atomic E-state index is 15.2. The van der Waals surface area contributed by atoms with Crippen LogP contribution >= 0.6 is 53.5 Å². The van der Waals surface area contributed by atoms with Crippen LogP contribution in [0.4, 0.5) is 0 Å². The Bertz CT molecular complexity index is 1400. The van der Waals surface area contributed by atoms with Gasteiger partial charge in [-0.25, -0.2) is 4.99 Å². The molecule has 35 heavy (non-hydrogen) atoms. The van der Waals surface area contributed by atoms with Gasteiger partial charge in [0.05, 0.1) is 31.2 Å². The highest BCUT2D eigenvalue weighted by Gasteiger charge is 2.60. The molecule has 1 fully saturated rings. The lowest BCUT2D eigenvalue weighted by atomic mass is 10.1. The van der Waals surface area contributed by atoms with Crippen molar-refractivity contribution in [2.45, 2.75) is 31.2 Å². The molecule has 2 heterocycles. The molecule has 2 aliphatic heterocycles. The highest BCUT2D eigenvalue weighted by atomic mass is 35.5. The van der Waals surface area contributed by atoms with E-state index in [4.69, 9.17) is 56.2 Å². The number of rotatable bonds is 4. The van der Waals surface area contributed by atoms with E-state index in [0.717, 1.165) is 10.6 Å². The van der Waals surface area contributed by atoms with E-state index < -0.39 is 18.6 Å². The SMILES string of the molecule is CC1(P(=O)(c2ccccc2)c2ccccc2)CCC2N=C(c3c(Cl)c(Cl)c(Cl)c(Cl)c3C#N)ON21. The number of nitriles is 1. The van der Waals surface area contributed by atoms with Crippen molar-refractivity contribution in [1.82, 2.24) is 5.06 Å². The lowest BCUT2D eigenvalue weighted by molar-refractivity contribution is -0.102. The number of halogens is 4. The molecule has 5 rings (SSSR count). The van der Waals surface area contributed by atoms with Crippen LogP contribution < -0.4 is 10.6 Å². The number of nitrogens with zero attached hydrogens (tertiary/aromatic N) is 3. The van der Waals surface area contributed by atoms with Crippen molar-refractivity contribution in [3.8, 4) is 6.07 Å². The molecule has 3 aromatic rings. The fourth-order valence-corrected chi connectivity index (χ4v) is 9.27. The monoisotopic (exact) mass is 563 g/mol. The number of fused-ring (bicyclic) bond motifs is 1. The van der Waals surface area contributed by atoms with Gasteiger partial charge in [-0.3, -0.25) is 0 Å². The van der Waals surface area contributed by atoms with Crippen LogP contribution in [0.1, 0.15) is 30.9 Å². The van der Waals surface area contributed by atoms with Gasteiger partial charge in [0.25, 0.3) is 0 Å². The zero-order valence-corrected chi connectivity index (χ0v) is 22.3. The van der Waals surface area contributed by atoms with Gasteiger partial charge in [0.2, 0.25) is 5.90 Å². The third kappa shape index (κ3) is 3.63. The smallest absolute Gasteiger partial charge is 0.245 e. The molecule has 0 radical (unpaired) electrons. The second-order valence-corrected chi connectivity index (χ2v) is 13.2. The van der Waals surface area contributed by atoms with Crippen molar-refractivity contribution in [2.75, 3.05) is 0 Å². The van der Waals surface area contributed by atoms with Crippen LogP contribution in [0.2, 0.25) is 20.1 Å². The molecule has 5 nitrogen and oxygen atoms in total. The van der Waals surface area contributed by atoms with Crippen LogP contribution in [-0.2, 0) is 9.40 Å². The summed E-state index contributed by atoms with van der Waals surface area (Å²) in [6.45, 7) is 1.93. The molecule has 0 bridgehead atoms. The van der Waals surface area contributed by atoms with Crippen LogP contribution in [0.5, 0.6) is 0 Å². The van der Waals surface area contributed by atoms with Crippen LogP contribution in [0, 0.1) is 11.3 Å². The van der Waals surface area contributed by atoms with E-state index in [1.807, 2.05) is 73.7 Å². The number of hydrogen-bond donors (Lipinski definition) is 0. The van der Waals surface area contributed by atoms with Crippen LogP contribution in [0.15, 0.2) is 65.7 Å². The molecular formula is C25H18Cl4N3O2P. The van der Waals surface area contributed by atoms with Crippen molar-refractivity contribution >= 4 is 70.1 Å². The molecule has 10 heteroatoms. The quantitative estimate of drug-likeness (QED) is 0.194. The maximum Gasteiger partial charge on any atom is 0.245 e. The van der Waals surface area contributed by atoms with Crippen molar-refractivity contribution in [3.05, 3.63) is 91.9 Å². The van der Waals surface area contributed by atoms with Gasteiger partial charge in [-0.2, -0.15) is 5.26 Å². The predicted molar refractivity (Wildman–Crippen MR) is 142 cm³/mol. The third-order valence-corrected chi connectivity index (χ3v) is 12.2. The van der Waals surface area contributed by atoms with Crippen molar-refractivity contribution in [3.63, 3.8) is 0 Å². The van der Waals surface area contributed by atoms with Crippen molar-refractivity contribution in [2.24, 2.45) is 4.99 Å². The third-order valence-electron chi connectivity index (χ3n) is 6.58. The number of hydroxylamine groups is 2. The van der Waals surface area contributed by atoms with Gasteiger partial charge in [0.15, 0.2) is 7.14 Å². The minimum absolute atomic E-state index is 0.00713. The summed E-state index contributed by atoms with van der Waals surface area (Å²) in [5.74, 6) is 0.0932. The molecule has 1 saturated heterocycles. The summed E-state index contributed by atoms with van der Waals surface area (Å²) in [4.78, 5) is 11.0. The first-order valence-corrected chi connectivity index (χ1v) is 14.0. The van der Waals surface area contributed by atoms with Crippen molar-refractivity contribution < 1.29 is 9.40 Å². The largest absolute Gasteiger partial charge is 0.382 e. The van der Waals surface area contributed by atoms with E-state index in [0.29, 0.717) is 12.8 Å². The van der Waals surface area contributed by atoms with Gasteiger partial charge in [-0.05, 0) is 19.8 Å². The van der Waals surface area contributed by atoms with Crippen LogP contribution in [0.25, 0.3) is 0 Å². The molecule has 2 unspecified atom stereocenters. The second-order valence-electron chi connectivity index (χ2n) is 8.49. The number of aliphatic imine (C=N–C) groups is 1. The first-order valence-electron chi connectivity index (χ1n) is 10.8. The first kappa shape index (κ1) is 24.7. The molecule has 0 spiro atoms. The van der Waals surface area contributed by atoms with E-state index >= 15 is 4.57 Å². The molecule has 3 aromatic carbocycles. The average molecular weight is 565 g/mol. The lowest BCUT2D eigenvalue weighted by Gasteiger charge is -2.40. The summed E-state index contributed by atoms with van der Waals surface area (Å²) in [5, 5.41) is 12.0. The first-order chi connectivity index (χ1) is 16.7. The topological polar surface area (TPSA) is 65.7 Å². The Morgan fingerprint density at radius 3 is 2.06 bits per heavy atom. The molecule has 0 amide bonds. The molecular weight excluding hydrogens is 547 g/mol. The summed E-state index contributed by atoms with van der Waals surface area (Å²) in [7, 11) is -3.27. The van der Waals surface area contributed by atoms with Crippen LogP contribution in [0.3, 0.4) is 0 Å². The Morgan fingerprint density at radius 1 is 0.971 bits per heavy atom. The van der Waals surface area contributed by atoms with Gasteiger partial charge in [-0.15, -0.1) is 5.06 Å². The summed E-state index contributed by atoms with van der Waals surface area (Å²) >= 11 is 25.2. The molecule has 0 N–H and O–H groups in total. The van der Waals surface area contributed by atoms with E-state index in [9.17, 15) is 5.26 Å². The number of hydrogen-bond acceptors (Lipinski definition) is 5. The minimum Gasteiger partial charge on any atom is -0.382 e. The van der Waals surface area contributed by atoms with E-state index in [1.54, 1.807) is 5.06 Å². The Kier molecular flexibility index (Phi) is 6.43. The predicted octanol–water partition coefficient (Wildman–Crippen LogP) is 7.02. The van der Waals surface area contributed by atoms with Gasteiger partial charge < -0.3 is 9.40 Å². The standard InChI is InChI=1S/C25H18Cl4N3O2P/c1-25(35(33,15-8-4-2-5-9-15)16-10-6-3-7-11-16)13-12-18-31-24(34-32(18)25)19-17(14-30)20(26)22(28)23(29)21(19)27/h2-11,18H,12-13H2,1H3. The highest BCUT2D eigenvalue weighted by molar-refractivity contribution is 7.80. The Morgan fingerprint density at radius 2 is 1.51 bits per heavy atom. The Hall–Kier alpha value is -2.03. The number of benzene rings is 3. The molecule has 0 aliphatic carbocycles. The lowest BCUT2D eigenvalue weighted by Crippen LogP contribution is -2.47. The molecule has 178 valence electrons. The molecule has 0 aromatic heterocycles. The fourth-order valence-electron chi connectivity index (χ4n) is 4.80. The molecule has 0 saturated carbocycles. The highest BCUT2D eigenvalue weighted by Crippen LogP contribution is 2.63. The summed E-state index contributed by atoms with van der Waals surface area (Å²) < 4.78 is 15.2. The molecule has 2 atom stereocenters. The maximum absolute atomic E-state index is 15.2. The zero-order valence-electron chi connectivity index (χ0n) is 18.4. The van der Waals surface area contributed by atoms with E-state index in [2.05, 4.69) is 0 Å². The fraction of sp³-hybridized carbons (Fsp3) is 0.200. The molecule has 2 aliphatic rings. The zero-order chi connectivity index (χ0) is 25.0. The average Bonchev–Trinajstić information content (AvgIpc) is 3.45. The Balaban J connectivity index is 1.63. The summed E-state index contributed by atoms with van der Waals surface area (Å²) in [5.41, 5.74) is 0.182. The van der Waals surface area contributed by atoms with Gasteiger partial charge in [0, 0.05) is 10.6 Å². The summed E-state index contributed by atoms with van der Waals surface area (Å²) in [6.07, 6.45) is 0.751. The summed E-state index contributed by atoms with van der Waals surface area (Å²) in [6, 6.07) is 20.9. The van der Waals surface area contributed by atoms with E-state index in [1.165, 1.54) is 0 Å². The Labute approximate surface area is 223 Å². The van der Waals surface area contributed by atoms with Gasteiger partial charge >= 0.3 is 0 Å². The van der Waals surface area contributed by atoms with E-state index in [-0.39, 0.29) is 37.1 Å². The second kappa shape index (κ2) is 9.12.